The molecular formula is C17H15N5O2. The summed E-state index contributed by atoms with van der Waals surface area (Å²) in [5.41, 5.74) is 8.19. The molecule has 3 heterocycles. The first-order valence-corrected chi connectivity index (χ1v) is 7.38. The number of anilines is 1. The molecule has 3 aromatic heterocycles. The van der Waals surface area contributed by atoms with E-state index < -0.39 is 0 Å². The second-order valence-corrected chi connectivity index (χ2v) is 5.37. The van der Waals surface area contributed by atoms with E-state index in [1.54, 1.807) is 7.11 Å². The van der Waals surface area contributed by atoms with Gasteiger partial charge in [-0.15, -0.1) is 5.10 Å². The molecule has 0 fully saturated rings. The number of nitrogen functional groups attached to an aromatic ring is 1. The van der Waals surface area contributed by atoms with Gasteiger partial charge in [0.1, 0.15) is 17.0 Å². The number of furan rings is 1. The van der Waals surface area contributed by atoms with Crippen molar-refractivity contribution in [3.05, 3.63) is 42.1 Å². The number of nitrogens with one attached hydrogen (secondary N) is 1. The highest BCUT2D eigenvalue weighted by Gasteiger charge is 2.15. The molecule has 0 aliphatic rings. The lowest BCUT2D eigenvalue weighted by Crippen LogP contribution is -1.91. The Bertz CT molecular complexity index is 1030. The van der Waals surface area contributed by atoms with E-state index in [-0.39, 0.29) is 5.95 Å². The standard InChI is InChI=1S/C17H15N5O2/c1-9-3-4-11-10(5-6-13(23-2)15(11)19-9)12-7-8-14(24-12)16-20-17(18)22-21-16/h3-8H,1-2H3,(H3,18,20,21,22). The lowest BCUT2D eigenvalue weighted by molar-refractivity contribution is 0.419. The van der Waals surface area contributed by atoms with E-state index in [0.29, 0.717) is 17.3 Å². The predicted octanol–water partition coefficient (Wildman–Crippen LogP) is 3.18. The number of rotatable bonds is 3. The molecule has 0 aliphatic carbocycles. The summed E-state index contributed by atoms with van der Waals surface area (Å²) in [6.07, 6.45) is 0. The summed E-state index contributed by atoms with van der Waals surface area (Å²) in [5, 5.41) is 7.51. The van der Waals surface area contributed by atoms with E-state index in [9.17, 15) is 0 Å². The van der Waals surface area contributed by atoms with Crippen molar-refractivity contribution in [1.29, 1.82) is 0 Å². The van der Waals surface area contributed by atoms with E-state index in [2.05, 4.69) is 20.2 Å². The SMILES string of the molecule is COc1ccc(-c2ccc(-c3nc(N)n[nH]3)o2)c2ccc(C)nc12. The number of aromatic amines is 1. The zero-order chi connectivity index (χ0) is 16.7. The minimum atomic E-state index is 0.178. The lowest BCUT2D eigenvalue weighted by atomic mass is 10.1. The van der Waals surface area contributed by atoms with E-state index in [1.165, 1.54) is 0 Å². The van der Waals surface area contributed by atoms with Gasteiger partial charge in [-0.3, -0.25) is 5.10 Å². The van der Waals surface area contributed by atoms with Gasteiger partial charge in [-0.2, -0.15) is 4.98 Å². The molecule has 0 aliphatic heterocycles. The molecule has 0 amide bonds. The van der Waals surface area contributed by atoms with Gasteiger partial charge in [0.25, 0.3) is 0 Å². The first-order valence-electron chi connectivity index (χ1n) is 7.38. The Labute approximate surface area is 137 Å². The van der Waals surface area contributed by atoms with Crippen LogP contribution in [0.4, 0.5) is 5.95 Å². The molecule has 0 saturated heterocycles. The van der Waals surface area contributed by atoms with Crippen molar-refractivity contribution in [2.24, 2.45) is 0 Å². The third-order valence-electron chi connectivity index (χ3n) is 3.79. The second-order valence-electron chi connectivity index (χ2n) is 5.37. The summed E-state index contributed by atoms with van der Waals surface area (Å²) in [5.74, 6) is 2.67. The molecule has 4 rings (SSSR count). The van der Waals surface area contributed by atoms with Gasteiger partial charge < -0.3 is 14.9 Å². The monoisotopic (exact) mass is 321 g/mol. The fourth-order valence-electron chi connectivity index (χ4n) is 2.66. The number of nitrogens with two attached hydrogens (primary N) is 1. The minimum absolute atomic E-state index is 0.178. The van der Waals surface area contributed by atoms with Crippen LogP contribution in [0.25, 0.3) is 33.8 Å². The number of pyridine rings is 1. The number of ether oxygens (including phenoxy) is 1. The Hall–Kier alpha value is -3.35. The normalized spacial score (nSPS) is 11.1. The Kier molecular flexibility index (Phi) is 3.19. The van der Waals surface area contributed by atoms with Crippen LogP contribution < -0.4 is 10.5 Å². The van der Waals surface area contributed by atoms with Gasteiger partial charge in [-0.1, -0.05) is 6.07 Å². The molecule has 3 N–H and O–H groups in total. The molecule has 0 unspecified atom stereocenters. The third kappa shape index (κ3) is 2.26. The number of fused-ring (bicyclic) bond motifs is 1. The molecule has 120 valence electrons. The minimum Gasteiger partial charge on any atom is -0.494 e. The topological polar surface area (TPSA) is 103 Å². The Morgan fingerprint density at radius 2 is 1.88 bits per heavy atom. The molecule has 7 heteroatoms. The van der Waals surface area contributed by atoms with Crippen molar-refractivity contribution in [1.82, 2.24) is 20.2 Å². The highest BCUT2D eigenvalue weighted by atomic mass is 16.5. The zero-order valence-electron chi connectivity index (χ0n) is 13.2. The average Bonchev–Trinajstić information content (AvgIpc) is 3.22. The lowest BCUT2D eigenvalue weighted by Gasteiger charge is -2.09. The van der Waals surface area contributed by atoms with Gasteiger partial charge >= 0.3 is 0 Å². The summed E-state index contributed by atoms with van der Waals surface area (Å²) in [6, 6.07) is 11.5. The van der Waals surface area contributed by atoms with Gasteiger partial charge in [0.15, 0.2) is 11.6 Å². The van der Waals surface area contributed by atoms with Crippen molar-refractivity contribution >= 4 is 16.9 Å². The van der Waals surface area contributed by atoms with Crippen LogP contribution >= 0.6 is 0 Å². The van der Waals surface area contributed by atoms with Crippen molar-refractivity contribution in [2.75, 3.05) is 12.8 Å². The summed E-state index contributed by atoms with van der Waals surface area (Å²) < 4.78 is 11.3. The molecule has 0 saturated carbocycles. The van der Waals surface area contributed by atoms with Crippen LogP contribution in [0.5, 0.6) is 5.75 Å². The first-order chi connectivity index (χ1) is 11.7. The van der Waals surface area contributed by atoms with Crippen LogP contribution in [0.3, 0.4) is 0 Å². The number of aryl methyl sites for hydroxylation is 1. The maximum absolute atomic E-state index is 5.92. The van der Waals surface area contributed by atoms with Crippen LogP contribution in [0.2, 0.25) is 0 Å². The molecule has 0 radical (unpaired) electrons. The van der Waals surface area contributed by atoms with Crippen LogP contribution in [0.15, 0.2) is 40.8 Å². The number of hydrogen-bond acceptors (Lipinski definition) is 6. The summed E-state index contributed by atoms with van der Waals surface area (Å²) in [4.78, 5) is 8.66. The molecule has 7 nitrogen and oxygen atoms in total. The van der Waals surface area contributed by atoms with Crippen molar-refractivity contribution in [3.8, 4) is 28.7 Å². The fourth-order valence-corrected chi connectivity index (χ4v) is 2.66. The fraction of sp³-hybridized carbons (Fsp3) is 0.118. The van der Waals surface area contributed by atoms with E-state index in [0.717, 1.165) is 27.9 Å². The van der Waals surface area contributed by atoms with E-state index >= 15 is 0 Å². The third-order valence-corrected chi connectivity index (χ3v) is 3.79. The Morgan fingerprint density at radius 3 is 2.62 bits per heavy atom. The van der Waals surface area contributed by atoms with Crippen LogP contribution in [-0.2, 0) is 0 Å². The zero-order valence-corrected chi connectivity index (χ0v) is 13.2. The first kappa shape index (κ1) is 14.3. The van der Waals surface area contributed by atoms with E-state index in [1.807, 2.05) is 43.3 Å². The Morgan fingerprint density at radius 1 is 1.04 bits per heavy atom. The number of H-pyrrole nitrogens is 1. The molecule has 0 atom stereocenters. The largest absolute Gasteiger partial charge is 0.494 e. The smallest absolute Gasteiger partial charge is 0.239 e. The summed E-state index contributed by atoms with van der Waals surface area (Å²) in [7, 11) is 1.64. The van der Waals surface area contributed by atoms with Crippen LogP contribution in [0.1, 0.15) is 5.69 Å². The molecule has 1 aromatic carbocycles. The number of methoxy groups -OCH3 is 1. The Balaban J connectivity index is 1.87. The number of hydrogen-bond donors (Lipinski definition) is 2. The number of benzene rings is 1. The molecule has 0 spiro atoms. The van der Waals surface area contributed by atoms with Gasteiger partial charge in [-0.25, -0.2) is 4.98 Å². The number of aromatic nitrogens is 4. The highest BCUT2D eigenvalue weighted by molar-refractivity contribution is 5.97. The van der Waals surface area contributed by atoms with Gasteiger partial charge in [0.05, 0.1) is 7.11 Å². The summed E-state index contributed by atoms with van der Waals surface area (Å²) in [6.45, 7) is 1.95. The molecule has 4 aromatic rings. The second kappa shape index (κ2) is 5.38. The van der Waals surface area contributed by atoms with E-state index in [4.69, 9.17) is 14.9 Å². The van der Waals surface area contributed by atoms with Gasteiger partial charge in [0.2, 0.25) is 5.95 Å². The highest BCUT2D eigenvalue weighted by Crippen LogP contribution is 2.35. The molecule has 24 heavy (non-hydrogen) atoms. The number of nitrogens with zero attached hydrogens (tertiary/aromatic N) is 3. The van der Waals surface area contributed by atoms with Crippen LogP contribution in [-0.4, -0.2) is 27.3 Å². The maximum atomic E-state index is 5.92. The van der Waals surface area contributed by atoms with Gasteiger partial charge in [-0.05, 0) is 37.3 Å². The molecule has 0 bridgehead atoms. The van der Waals surface area contributed by atoms with Gasteiger partial charge in [0, 0.05) is 16.6 Å². The van der Waals surface area contributed by atoms with Crippen molar-refractivity contribution in [3.63, 3.8) is 0 Å². The predicted molar refractivity (Wildman–Crippen MR) is 90.5 cm³/mol. The maximum Gasteiger partial charge on any atom is 0.239 e. The van der Waals surface area contributed by atoms with Crippen molar-refractivity contribution < 1.29 is 9.15 Å². The molecular weight excluding hydrogens is 306 g/mol. The van der Waals surface area contributed by atoms with Crippen molar-refractivity contribution in [2.45, 2.75) is 6.92 Å². The van der Waals surface area contributed by atoms with Crippen LogP contribution in [0, 0.1) is 6.92 Å². The quantitative estimate of drug-likeness (QED) is 0.601. The average molecular weight is 321 g/mol. The summed E-state index contributed by atoms with van der Waals surface area (Å²) >= 11 is 0.